The number of carbonyl (C=O) groups excluding carboxylic acids is 2. The maximum atomic E-state index is 11.9. The van der Waals surface area contributed by atoms with E-state index < -0.39 is 34.3 Å². The van der Waals surface area contributed by atoms with Gasteiger partial charge in [-0.2, -0.15) is 0 Å². The summed E-state index contributed by atoms with van der Waals surface area (Å²) in [7, 11) is 0. The fourth-order valence-corrected chi connectivity index (χ4v) is 2.11. The maximum absolute atomic E-state index is 11.9. The Balaban J connectivity index is 0.00000192. The van der Waals surface area contributed by atoms with E-state index in [-0.39, 0.29) is 59.6 Å². The molecule has 0 saturated heterocycles. The Morgan fingerprint density at radius 1 is 0.913 bits per heavy atom. The van der Waals surface area contributed by atoms with Crippen LogP contribution >= 0.6 is 0 Å². The van der Waals surface area contributed by atoms with Gasteiger partial charge in [-0.3, -0.25) is 9.59 Å². The van der Waals surface area contributed by atoms with E-state index in [2.05, 4.69) is 4.98 Å². The van der Waals surface area contributed by atoms with E-state index in [0.717, 1.165) is 12.1 Å². The van der Waals surface area contributed by atoms with Crippen molar-refractivity contribution in [1.82, 2.24) is 4.98 Å². The summed E-state index contributed by atoms with van der Waals surface area (Å²) >= 11 is 0. The van der Waals surface area contributed by atoms with Crippen molar-refractivity contribution >= 4 is 71.5 Å². The first-order valence-corrected chi connectivity index (χ1v) is 5.94. The van der Waals surface area contributed by atoms with Crippen molar-refractivity contribution in [2.45, 2.75) is 0 Å². The molecule has 3 aromatic rings. The number of pyridine rings is 1. The summed E-state index contributed by atoms with van der Waals surface area (Å²) in [5.41, 5.74) is -1.79. The molecule has 3 rings (SSSR count). The number of aromatic carboxylic acids is 2. The molecule has 0 radical (unpaired) electrons. The van der Waals surface area contributed by atoms with E-state index in [1.165, 1.54) is 12.1 Å². The van der Waals surface area contributed by atoms with Crippen molar-refractivity contribution in [3.8, 4) is 0 Å². The molecular formula is C14H5CaNO7. The van der Waals surface area contributed by atoms with Crippen LogP contribution in [-0.4, -0.2) is 54.7 Å². The number of carboxylic acids is 2. The van der Waals surface area contributed by atoms with Crippen molar-refractivity contribution in [3.05, 3.63) is 56.2 Å². The summed E-state index contributed by atoms with van der Waals surface area (Å²) in [6.07, 6.45) is 0. The van der Waals surface area contributed by atoms with Crippen LogP contribution in [0.25, 0.3) is 21.9 Å². The van der Waals surface area contributed by atoms with Gasteiger partial charge in [0.1, 0.15) is 11.6 Å². The Hall–Kier alpha value is -2.16. The molecule has 0 saturated carbocycles. The van der Waals surface area contributed by atoms with Gasteiger partial charge < -0.3 is 29.2 Å². The molecule has 1 N–H and O–H groups in total. The van der Waals surface area contributed by atoms with Gasteiger partial charge in [-0.1, -0.05) is 0 Å². The van der Waals surface area contributed by atoms with Crippen molar-refractivity contribution in [3.63, 3.8) is 0 Å². The van der Waals surface area contributed by atoms with Crippen LogP contribution in [0.15, 0.2) is 38.3 Å². The molecular weight excluding hydrogens is 334 g/mol. The topological polar surface area (TPSA) is 143 Å². The van der Waals surface area contributed by atoms with Crippen LogP contribution in [0.4, 0.5) is 0 Å². The van der Waals surface area contributed by atoms with Crippen LogP contribution in [0.2, 0.25) is 0 Å². The second-order valence-electron chi connectivity index (χ2n) is 4.49. The Morgan fingerprint density at radius 2 is 1.57 bits per heavy atom. The molecule has 1 aromatic carbocycles. The number of aromatic amines is 1. The number of nitrogens with one attached hydrogen (secondary N) is 1. The van der Waals surface area contributed by atoms with Crippen LogP contribution < -0.4 is 21.1 Å². The second kappa shape index (κ2) is 6.15. The van der Waals surface area contributed by atoms with E-state index >= 15 is 0 Å². The molecule has 0 unspecified atom stereocenters. The van der Waals surface area contributed by atoms with Crippen molar-refractivity contribution < 1.29 is 24.2 Å². The number of benzene rings is 1. The molecule has 110 valence electrons. The zero-order valence-electron chi connectivity index (χ0n) is 11.4. The Labute approximate surface area is 156 Å². The standard InChI is InChI=1S/C14H7NO7.Ca/c16-9-2-8(13(18)19)15-7-3-11-6(1-5(7)9)10(17)4-12(22-11)14(20)21;/h1-4H,(H,15,16)(H,18,19)(H,20,21);/q;+2/p-2. The van der Waals surface area contributed by atoms with E-state index in [4.69, 9.17) is 4.42 Å². The smallest absolute Gasteiger partial charge is 0.543 e. The molecule has 0 bridgehead atoms. The Bertz CT molecular complexity index is 997. The largest absolute Gasteiger partial charge is 2.00 e. The van der Waals surface area contributed by atoms with E-state index in [0.29, 0.717) is 0 Å². The minimum atomic E-state index is -1.67. The molecule has 9 heteroatoms. The van der Waals surface area contributed by atoms with Crippen molar-refractivity contribution in [1.29, 1.82) is 0 Å². The van der Waals surface area contributed by atoms with E-state index in [9.17, 15) is 29.4 Å². The number of rotatable bonds is 2. The molecule has 0 amide bonds. The fourth-order valence-electron chi connectivity index (χ4n) is 2.11. The minimum Gasteiger partial charge on any atom is -0.543 e. The summed E-state index contributed by atoms with van der Waals surface area (Å²) in [6, 6.07) is 3.95. The number of H-pyrrole nitrogens is 1. The third-order valence-corrected chi connectivity index (χ3v) is 3.10. The summed E-state index contributed by atoms with van der Waals surface area (Å²) in [4.78, 5) is 47.8. The van der Waals surface area contributed by atoms with Crippen LogP contribution in [0, 0.1) is 0 Å². The van der Waals surface area contributed by atoms with E-state index in [1.54, 1.807) is 0 Å². The third-order valence-electron chi connectivity index (χ3n) is 3.10. The van der Waals surface area contributed by atoms with Gasteiger partial charge in [0.2, 0.25) is 0 Å². The molecule has 0 spiro atoms. The molecule has 2 heterocycles. The average Bonchev–Trinajstić information content (AvgIpc) is 2.45. The van der Waals surface area contributed by atoms with Gasteiger partial charge >= 0.3 is 37.7 Å². The van der Waals surface area contributed by atoms with Crippen molar-refractivity contribution in [2.75, 3.05) is 0 Å². The van der Waals surface area contributed by atoms with Gasteiger partial charge in [-0.05, 0) is 6.07 Å². The van der Waals surface area contributed by atoms with Gasteiger partial charge in [0, 0.05) is 23.6 Å². The predicted molar refractivity (Wildman–Crippen MR) is 75.0 cm³/mol. The molecule has 0 aliphatic rings. The molecule has 8 nitrogen and oxygen atoms in total. The van der Waals surface area contributed by atoms with Gasteiger partial charge in [0.15, 0.2) is 16.6 Å². The van der Waals surface area contributed by atoms with Gasteiger partial charge in [0.05, 0.1) is 22.6 Å². The average molecular weight is 339 g/mol. The molecule has 0 aliphatic heterocycles. The molecule has 0 atom stereocenters. The Morgan fingerprint density at radius 3 is 2.17 bits per heavy atom. The monoisotopic (exact) mass is 339 g/mol. The number of carbonyl (C=O) groups is 2. The van der Waals surface area contributed by atoms with Gasteiger partial charge in [-0.25, -0.2) is 0 Å². The summed E-state index contributed by atoms with van der Waals surface area (Å²) in [5, 5.41) is 21.6. The zero-order valence-corrected chi connectivity index (χ0v) is 13.6. The maximum Gasteiger partial charge on any atom is 2.00 e. The first-order chi connectivity index (χ1) is 10.4. The molecule has 23 heavy (non-hydrogen) atoms. The SMILES string of the molecule is O=C([O-])c1cc(=O)c2cc3c(=O)cc(C(=O)[O-])oc3cc2[nH]1.[Ca+2]. The van der Waals surface area contributed by atoms with Gasteiger partial charge in [-0.15, -0.1) is 0 Å². The number of hydrogen-bond donors (Lipinski definition) is 1. The van der Waals surface area contributed by atoms with Gasteiger partial charge in [0.25, 0.3) is 0 Å². The summed E-state index contributed by atoms with van der Waals surface area (Å²) in [6.45, 7) is 0. The second-order valence-corrected chi connectivity index (χ2v) is 4.49. The summed E-state index contributed by atoms with van der Waals surface area (Å²) < 4.78 is 5.01. The molecule has 0 aliphatic carbocycles. The van der Waals surface area contributed by atoms with E-state index in [1.807, 2.05) is 0 Å². The number of carboxylic acid groups (broad SMARTS) is 2. The number of fused-ring (bicyclic) bond motifs is 2. The normalized spacial score (nSPS) is 10.4. The van der Waals surface area contributed by atoms with Crippen LogP contribution in [0.3, 0.4) is 0 Å². The first-order valence-electron chi connectivity index (χ1n) is 5.94. The summed E-state index contributed by atoms with van der Waals surface area (Å²) in [5.74, 6) is -3.92. The number of aromatic nitrogens is 1. The molecule has 2 aromatic heterocycles. The van der Waals surface area contributed by atoms with Crippen molar-refractivity contribution in [2.24, 2.45) is 0 Å². The molecule has 0 fully saturated rings. The quantitative estimate of drug-likeness (QED) is 0.419. The minimum absolute atomic E-state index is 0. The van der Waals surface area contributed by atoms with Crippen LogP contribution in [0.5, 0.6) is 0 Å². The first kappa shape index (κ1) is 17.2. The zero-order chi connectivity index (χ0) is 16.0. The fraction of sp³-hybridized carbons (Fsp3) is 0. The van der Waals surface area contributed by atoms with Crippen LogP contribution in [0.1, 0.15) is 21.0 Å². The van der Waals surface area contributed by atoms with Crippen LogP contribution in [-0.2, 0) is 0 Å². The Kier molecular flexibility index (Phi) is 4.60. The third kappa shape index (κ3) is 3.00. The number of hydrogen-bond acceptors (Lipinski definition) is 7. The predicted octanol–water partition coefficient (Wildman–Crippen LogP) is -2.02.